The van der Waals surface area contributed by atoms with E-state index in [4.69, 9.17) is 11.6 Å². The van der Waals surface area contributed by atoms with Crippen molar-refractivity contribution in [3.8, 4) is 0 Å². The van der Waals surface area contributed by atoms with E-state index >= 15 is 0 Å². The third kappa shape index (κ3) is 3.49. The van der Waals surface area contributed by atoms with Gasteiger partial charge in [-0.1, -0.05) is 11.6 Å². The SMILES string of the molecule is Cc1nc(CNCc2cc(F)ccc2Cl)cs1. The highest BCUT2D eigenvalue weighted by Gasteiger charge is 2.03. The van der Waals surface area contributed by atoms with E-state index in [1.165, 1.54) is 12.1 Å². The van der Waals surface area contributed by atoms with Gasteiger partial charge in [-0.25, -0.2) is 9.37 Å². The average Bonchev–Trinajstić information content (AvgIpc) is 2.69. The van der Waals surface area contributed by atoms with Crippen molar-refractivity contribution in [1.82, 2.24) is 10.3 Å². The molecule has 0 saturated heterocycles. The van der Waals surface area contributed by atoms with Gasteiger partial charge in [0.2, 0.25) is 0 Å². The van der Waals surface area contributed by atoms with Crippen molar-refractivity contribution in [2.24, 2.45) is 0 Å². The number of hydrogen-bond acceptors (Lipinski definition) is 3. The summed E-state index contributed by atoms with van der Waals surface area (Å²) in [6.07, 6.45) is 0. The molecule has 1 N–H and O–H groups in total. The van der Waals surface area contributed by atoms with Crippen molar-refractivity contribution >= 4 is 22.9 Å². The van der Waals surface area contributed by atoms with Crippen molar-refractivity contribution in [2.45, 2.75) is 20.0 Å². The van der Waals surface area contributed by atoms with Gasteiger partial charge in [0, 0.05) is 23.5 Å². The minimum Gasteiger partial charge on any atom is -0.307 e. The Bertz CT molecular complexity index is 513. The van der Waals surface area contributed by atoms with Gasteiger partial charge in [-0.2, -0.15) is 0 Å². The zero-order valence-corrected chi connectivity index (χ0v) is 10.9. The van der Waals surface area contributed by atoms with Crippen molar-refractivity contribution in [1.29, 1.82) is 0 Å². The average molecular weight is 271 g/mol. The molecule has 2 rings (SSSR count). The van der Waals surface area contributed by atoms with Crippen LogP contribution in [0.2, 0.25) is 5.02 Å². The van der Waals surface area contributed by atoms with Crippen LogP contribution in [0.15, 0.2) is 23.6 Å². The van der Waals surface area contributed by atoms with Gasteiger partial charge in [0.15, 0.2) is 0 Å². The second-order valence-corrected chi connectivity index (χ2v) is 5.17. The predicted octanol–water partition coefficient (Wildman–Crippen LogP) is 3.53. The molecule has 5 heteroatoms. The van der Waals surface area contributed by atoms with Crippen LogP contribution >= 0.6 is 22.9 Å². The molecule has 0 atom stereocenters. The molecule has 0 unspecified atom stereocenters. The first-order chi connectivity index (χ1) is 8.15. The lowest BCUT2D eigenvalue weighted by Gasteiger charge is -2.05. The fourth-order valence-corrected chi connectivity index (χ4v) is 2.29. The fraction of sp³-hybridized carbons (Fsp3) is 0.250. The second kappa shape index (κ2) is 5.58. The van der Waals surface area contributed by atoms with Crippen LogP contribution in [0.1, 0.15) is 16.3 Å². The quantitative estimate of drug-likeness (QED) is 0.919. The molecule has 1 heterocycles. The van der Waals surface area contributed by atoms with Gasteiger partial charge in [-0.15, -0.1) is 11.3 Å². The Kier molecular flexibility index (Phi) is 4.10. The molecule has 0 aliphatic heterocycles. The van der Waals surface area contributed by atoms with Crippen LogP contribution in [0.25, 0.3) is 0 Å². The lowest BCUT2D eigenvalue weighted by molar-refractivity contribution is 0.619. The molecule has 0 bridgehead atoms. The topological polar surface area (TPSA) is 24.9 Å². The molecule has 0 radical (unpaired) electrons. The smallest absolute Gasteiger partial charge is 0.123 e. The van der Waals surface area contributed by atoms with E-state index in [-0.39, 0.29) is 5.82 Å². The van der Waals surface area contributed by atoms with E-state index in [0.29, 0.717) is 18.1 Å². The highest BCUT2D eigenvalue weighted by atomic mass is 35.5. The highest BCUT2D eigenvalue weighted by Crippen LogP contribution is 2.17. The van der Waals surface area contributed by atoms with Crippen molar-refractivity contribution in [2.75, 3.05) is 0 Å². The molecular weight excluding hydrogens is 259 g/mol. The molecule has 0 amide bonds. The number of aromatic nitrogens is 1. The summed E-state index contributed by atoms with van der Waals surface area (Å²) in [5, 5.41) is 6.83. The summed E-state index contributed by atoms with van der Waals surface area (Å²) in [7, 11) is 0. The van der Waals surface area contributed by atoms with Crippen LogP contribution in [0.3, 0.4) is 0 Å². The predicted molar refractivity (Wildman–Crippen MR) is 68.8 cm³/mol. The zero-order chi connectivity index (χ0) is 12.3. The first-order valence-electron chi connectivity index (χ1n) is 5.21. The minimum atomic E-state index is -0.268. The van der Waals surface area contributed by atoms with Gasteiger partial charge < -0.3 is 5.32 Å². The van der Waals surface area contributed by atoms with Gasteiger partial charge in [-0.05, 0) is 30.7 Å². The fourth-order valence-electron chi connectivity index (χ4n) is 1.49. The monoisotopic (exact) mass is 270 g/mol. The molecule has 0 saturated carbocycles. The van der Waals surface area contributed by atoms with E-state index in [9.17, 15) is 4.39 Å². The summed E-state index contributed by atoms with van der Waals surface area (Å²) < 4.78 is 13.0. The molecule has 2 aromatic rings. The Morgan fingerprint density at radius 2 is 2.24 bits per heavy atom. The van der Waals surface area contributed by atoms with Gasteiger partial charge in [0.1, 0.15) is 5.82 Å². The maximum Gasteiger partial charge on any atom is 0.123 e. The van der Waals surface area contributed by atoms with Crippen LogP contribution in [-0.2, 0) is 13.1 Å². The van der Waals surface area contributed by atoms with Crippen LogP contribution in [0.5, 0.6) is 0 Å². The largest absolute Gasteiger partial charge is 0.307 e. The van der Waals surface area contributed by atoms with Crippen LogP contribution < -0.4 is 5.32 Å². The number of rotatable bonds is 4. The number of halogens is 2. The van der Waals surface area contributed by atoms with Crippen LogP contribution in [0, 0.1) is 12.7 Å². The number of nitrogens with zero attached hydrogens (tertiary/aromatic N) is 1. The normalized spacial score (nSPS) is 10.8. The number of aryl methyl sites for hydroxylation is 1. The molecule has 1 aromatic carbocycles. The Hall–Kier alpha value is -0.970. The lowest BCUT2D eigenvalue weighted by Crippen LogP contribution is -2.13. The summed E-state index contributed by atoms with van der Waals surface area (Å²) in [5.41, 5.74) is 1.76. The van der Waals surface area contributed by atoms with E-state index < -0.39 is 0 Å². The molecule has 90 valence electrons. The van der Waals surface area contributed by atoms with Crippen LogP contribution in [-0.4, -0.2) is 4.98 Å². The van der Waals surface area contributed by atoms with Crippen molar-refractivity contribution in [3.63, 3.8) is 0 Å². The van der Waals surface area contributed by atoms with Gasteiger partial charge >= 0.3 is 0 Å². The summed E-state index contributed by atoms with van der Waals surface area (Å²) in [6.45, 7) is 3.17. The maximum absolute atomic E-state index is 13.0. The van der Waals surface area contributed by atoms with Gasteiger partial charge in [0.05, 0.1) is 10.7 Å². The molecule has 17 heavy (non-hydrogen) atoms. The van der Waals surface area contributed by atoms with Crippen LogP contribution in [0.4, 0.5) is 4.39 Å². The van der Waals surface area contributed by atoms with Crippen molar-refractivity contribution in [3.05, 3.63) is 50.7 Å². The standard InChI is InChI=1S/C12H12ClFN2S/c1-8-16-11(7-17-8)6-15-5-9-4-10(14)2-3-12(9)13/h2-4,7,15H,5-6H2,1H3. The van der Waals surface area contributed by atoms with Gasteiger partial charge in [-0.3, -0.25) is 0 Å². The molecular formula is C12H12ClFN2S. The Balaban J connectivity index is 1.91. The Morgan fingerprint density at radius 1 is 1.41 bits per heavy atom. The number of thiazole rings is 1. The van der Waals surface area contributed by atoms with E-state index in [2.05, 4.69) is 10.3 Å². The summed E-state index contributed by atoms with van der Waals surface area (Å²) >= 11 is 7.58. The minimum absolute atomic E-state index is 0.268. The van der Waals surface area contributed by atoms with E-state index in [0.717, 1.165) is 16.3 Å². The summed E-state index contributed by atoms with van der Waals surface area (Å²) in [4.78, 5) is 4.33. The molecule has 1 aromatic heterocycles. The Morgan fingerprint density at radius 3 is 2.94 bits per heavy atom. The Labute approximate surface area is 108 Å². The first kappa shape index (κ1) is 12.5. The molecule has 0 spiro atoms. The van der Waals surface area contributed by atoms with Gasteiger partial charge in [0.25, 0.3) is 0 Å². The summed E-state index contributed by atoms with van der Waals surface area (Å²) in [6, 6.07) is 4.37. The number of nitrogens with one attached hydrogen (secondary N) is 1. The zero-order valence-electron chi connectivity index (χ0n) is 9.34. The molecule has 2 nitrogen and oxygen atoms in total. The molecule has 0 fully saturated rings. The lowest BCUT2D eigenvalue weighted by atomic mass is 10.2. The third-order valence-corrected chi connectivity index (χ3v) is 3.49. The number of benzene rings is 1. The highest BCUT2D eigenvalue weighted by molar-refractivity contribution is 7.09. The van der Waals surface area contributed by atoms with E-state index in [1.54, 1.807) is 17.4 Å². The summed E-state index contributed by atoms with van der Waals surface area (Å²) in [5.74, 6) is -0.268. The second-order valence-electron chi connectivity index (χ2n) is 3.70. The van der Waals surface area contributed by atoms with Crippen molar-refractivity contribution < 1.29 is 4.39 Å². The number of hydrogen-bond donors (Lipinski definition) is 1. The third-order valence-electron chi connectivity index (χ3n) is 2.30. The van der Waals surface area contributed by atoms with E-state index in [1.807, 2.05) is 12.3 Å². The first-order valence-corrected chi connectivity index (χ1v) is 6.46. The molecule has 0 aliphatic rings. The molecule has 0 aliphatic carbocycles. The maximum atomic E-state index is 13.0.